The predicted molar refractivity (Wildman–Crippen MR) is 216 cm³/mol. The monoisotopic (exact) mass is 691 g/mol. The number of hydrogen-bond acceptors (Lipinski definition) is 6. The van der Waals surface area contributed by atoms with Crippen LogP contribution in [0, 0.1) is 0 Å². The van der Waals surface area contributed by atoms with Crippen LogP contribution in [0.25, 0.3) is 73.4 Å². The standard InChI is InChI=1S/C45H29N3OS2/c1-2-10-26(11-3-1)43-46-44(28-21-23-39-35(25-28)31-13-5-7-19-38(31)50-39)48-45(47-43)34-17-9-16-33-36-24-27(20-22-40(36)51-42(33)34)29-14-8-15-32-30-12-4-6-18-37(30)49-41(29)32/h1-25,44-45,48H,(H,46,47). The highest BCUT2D eigenvalue weighted by Crippen LogP contribution is 2.43. The summed E-state index contributed by atoms with van der Waals surface area (Å²) in [5.74, 6) is 0.888. The van der Waals surface area contributed by atoms with E-state index in [1.54, 1.807) is 0 Å². The van der Waals surface area contributed by atoms with Gasteiger partial charge < -0.3 is 9.73 Å². The van der Waals surface area contributed by atoms with Gasteiger partial charge >= 0.3 is 0 Å². The lowest BCUT2D eigenvalue weighted by molar-refractivity contribution is 0.411. The molecule has 0 bridgehead atoms. The molecule has 4 nitrogen and oxygen atoms in total. The largest absolute Gasteiger partial charge is 0.455 e. The quantitative estimate of drug-likeness (QED) is 0.193. The van der Waals surface area contributed by atoms with Crippen LogP contribution < -0.4 is 10.6 Å². The van der Waals surface area contributed by atoms with E-state index in [9.17, 15) is 0 Å². The van der Waals surface area contributed by atoms with Crippen molar-refractivity contribution in [1.29, 1.82) is 0 Å². The summed E-state index contributed by atoms with van der Waals surface area (Å²) in [6, 6.07) is 54.2. The smallest absolute Gasteiger partial charge is 0.143 e. The van der Waals surface area contributed by atoms with Crippen LogP contribution in [0.3, 0.4) is 0 Å². The highest BCUT2D eigenvalue weighted by Gasteiger charge is 2.28. The van der Waals surface area contributed by atoms with E-state index < -0.39 is 0 Å². The Hall–Kier alpha value is -5.79. The van der Waals surface area contributed by atoms with Crippen molar-refractivity contribution in [1.82, 2.24) is 10.6 Å². The van der Waals surface area contributed by atoms with Gasteiger partial charge in [-0.1, -0.05) is 115 Å². The van der Waals surface area contributed by atoms with E-state index in [0.717, 1.165) is 50.0 Å². The zero-order valence-corrected chi connectivity index (χ0v) is 28.9. The molecule has 242 valence electrons. The Morgan fingerprint density at radius 3 is 2.20 bits per heavy atom. The maximum absolute atomic E-state index is 6.43. The molecule has 2 N–H and O–H groups in total. The van der Waals surface area contributed by atoms with Gasteiger partial charge in [-0.25, -0.2) is 4.99 Å². The maximum atomic E-state index is 6.43. The van der Waals surface area contributed by atoms with Crippen LogP contribution in [0.4, 0.5) is 0 Å². The molecule has 2 atom stereocenters. The highest BCUT2D eigenvalue weighted by molar-refractivity contribution is 7.26. The first kappa shape index (κ1) is 29.0. The third-order valence-corrected chi connectivity index (χ3v) is 12.6. The number of hydrogen-bond donors (Lipinski definition) is 2. The third-order valence-electron chi connectivity index (χ3n) is 10.2. The fourth-order valence-electron chi connectivity index (χ4n) is 7.74. The first-order chi connectivity index (χ1) is 25.2. The number of nitrogens with one attached hydrogen (secondary N) is 2. The van der Waals surface area contributed by atoms with Crippen molar-refractivity contribution < 1.29 is 4.42 Å². The van der Waals surface area contributed by atoms with Crippen LogP contribution in [-0.4, -0.2) is 5.84 Å². The molecule has 2 unspecified atom stereocenters. The molecule has 0 aliphatic carbocycles. The van der Waals surface area contributed by atoms with Gasteiger partial charge in [-0.05, 0) is 47.5 Å². The van der Waals surface area contributed by atoms with E-state index in [1.807, 2.05) is 34.8 Å². The molecular weight excluding hydrogens is 663 g/mol. The fraction of sp³-hybridized carbons (Fsp3) is 0.0444. The molecule has 1 aliphatic heterocycles. The number of nitrogens with zero attached hydrogens (tertiary/aromatic N) is 1. The average molecular weight is 692 g/mol. The zero-order valence-electron chi connectivity index (χ0n) is 27.3. The Morgan fingerprint density at radius 2 is 1.25 bits per heavy atom. The number of furan rings is 1. The molecule has 51 heavy (non-hydrogen) atoms. The Balaban J connectivity index is 1.03. The van der Waals surface area contributed by atoms with Gasteiger partial charge in [0.25, 0.3) is 0 Å². The summed E-state index contributed by atoms with van der Waals surface area (Å²) in [5.41, 5.74) is 7.55. The first-order valence-electron chi connectivity index (χ1n) is 17.2. The Labute approximate surface area is 301 Å². The second-order valence-electron chi connectivity index (χ2n) is 13.2. The highest BCUT2D eigenvalue weighted by atomic mass is 32.1. The number of amidine groups is 1. The van der Waals surface area contributed by atoms with Crippen LogP contribution in [0.1, 0.15) is 29.0 Å². The summed E-state index contributed by atoms with van der Waals surface area (Å²) in [5, 5.41) is 15.1. The second kappa shape index (κ2) is 11.4. The van der Waals surface area contributed by atoms with Crippen LogP contribution >= 0.6 is 22.7 Å². The SMILES string of the molecule is c1ccc(C2=NC(c3ccc4sc5ccccc5c4c3)NC(c3cccc4c3sc3ccc(-c5cccc6c5oc5ccccc56)cc34)N2)cc1. The number of aliphatic imine (C=N–C) groups is 1. The molecular formula is C45H29N3OS2. The molecule has 0 saturated carbocycles. The summed E-state index contributed by atoms with van der Waals surface area (Å²) >= 11 is 3.69. The van der Waals surface area contributed by atoms with E-state index in [1.165, 1.54) is 45.9 Å². The molecule has 6 heteroatoms. The summed E-state index contributed by atoms with van der Waals surface area (Å²) in [4.78, 5) is 5.27. The molecule has 7 aromatic carbocycles. The van der Waals surface area contributed by atoms with Gasteiger partial charge in [0, 0.05) is 67.8 Å². The van der Waals surface area contributed by atoms with E-state index in [2.05, 4.69) is 150 Å². The van der Waals surface area contributed by atoms with Crippen molar-refractivity contribution in [2.45, 2.75) is 12.3 Å². The Morgan fingerprint density at radius 1 is 0.529 bits per heavy atom. The van der Waals surface area contributed by atoms with E-state index in [4.69, 9.17) is 9.41 Å². The molecule has 0 spiro atoms. The van der Waals surface area contributed by atoms with Crippen LogP contribution in [0.5, 0.6) is 0 Å². The molecule has 0 amide bonds. The Bertz CT molecular complexity index is 3010. The van der Waals surface area contributed by atoms with Gasteiger partial charge in [0.1, 0.15) is 29.3 Å². The van der Waals surface area contributed by atoms with Crippen molar-refractivity contribution >= 4 is 90.8 Å². The van der Waals surface area contributed by atoms with Crippen molar-refractivity contribution in [3.63, 3.8) is 0 Å². The van der Waals surface area contributed by atoms with Crippen LogP contribution in [-0.2, 0) is 0 Å². The maximum Gasteiger partial charge on any atom is 0.143 e. The van der Waals surface area contributed by atoms with Crippen LogP contribution in [0.2, 0.25) is 0 Å². The van der Waals surface area contributed by atoms with Gasteiger partial charge in [0.15, 0.2) is 0 Å². The number of benzene rings is 7. The minimum atomic E-state index is -0.227. The fourth-order valence-corrected chi connectivity index (χ4v) is 10.0. The van der Waals surface area contributed by atoms with E-state index >= 15 is 0 Å². The topological polar surface area (TPSA) is 49.6 Å². The summed E-state index contributed by atoms with van der Waals surface area (Å²) < 4.78 is 11.6. The number of fused-ring (bicyclic) bond motifs is 9. The van der Waals surface area contributed by atoms with Gasteiger partial charge in [0.2, 0.25) is 0 Å². The van der Waals surface area contributed by atoms with Crippen LogP contribution in [0.15, 0.2) is 161 Å². The van der Waals surface area contributed by atoms with Gasteiger partial charge in [0.05, 0.1) is 0 Å². The molecule has 10 aromatic rings. The van der Waals surface area contributed by atoms with Crippen molar-refractivity contribution in [2.75, 3.05) is 0 Å². The number of para-hydroxylation sites is 2. The minimum absolute atomic E-state index is 0.154. The molecule has 0 saturated heterocycles. The van der Waals surface area contributed by atoms with E-state index in [0.29, 0.717) is 0 Å². The lowest BCUT2D eigenvalue weighted by Gasteiger charge is -2.32. The average Bonchev–Trinajstić information content (AvgIpc) is 3.89. The van der Waals surface area contributed by atoms with E-state index in [-0.39, 0.29) is 12.3 Å². The second-order valence-corrected chi connectivity index (χ2v) is 15.3. The van der Waals surface area contributed by atoms with Gasteiger partial charge in [-0.2, -0.15) is 0 Å². The zero-order chi connectivity index (χ0) is 33.5. The summed E-state index contributed by atoms with van der Waals surface area (Å²) in [6.45, 7) is 0. The lowest BCUT2D eigenvalue weighted by Crippen LogP contribution is -2.45. The molecule has 11 rings (SSSR count). The van der Waals surface area contributed by atoms with Crippen molar-refractivity contribution in [2.24, 2.45) is 4.99 Å². The van der Waals surface area contributed by atoms with Crippen molar-refractivity contribution in [3.8, 4) is 11.1 Å². The summed E-state index contributed by atoms with van der Waals surface area (Å²) in [7, 11) is 0. The molecule has 4 heterocycles. The normalized spacial score (nSPS) is 16.4. The van der Waals surface area contributed by atoms with Crippen molar-refractivity contribution in [3.05, 3.63) is 168 Å². The lowest BCUT2D eigenvalue weighted by atomic mass is 9.99. The molecule has 3 aromatic heterocycles. The first-order valence-corrected chi connectivity index (χ1v) is 18.8. The molecule has 1 aliphatic rings. The third kappa shape index (κ3) is 4.65. The molecule has 0 radical (unpaired) electrons. The minimum Gasteiger partial charge on any atom is -0.455 e. The Kier molecular flexibility index (Phi) is 6.46. The number of thiophene rings is 2. The predicted octanol–water partition coefficient (Wildman–Crippen LogP) is 12.3. The number of rotatable bonds is 4. The van der Waals surface area contributed by atoms with Gasteiger partial charge in [-0.15, -0.1) is 22.7 Å². The van der Waals surface area contributed by atoms with Gasteiger partial charge in [-0.3, -0.25) is 5.32 Å². The summed E-state index contributed by atoms with van der Waals surface area (Å²) in [6.07, 6.45) is -0.381. The molecule has 0 fully saturated rings.